The number of hydrogen-bond acceptors (Lipinski definition) is 6. The number of alkyl halides is 2. The molecule has 3 aliphatic heterocycles. The minimum absolute atomic E-state index is 0.0593. The SMILES string of the molecule is COCCN1CCC2(CCN(Cc3cccc4c3OC(F)(F)O4)C2)C1=O.O=CO. The maximum Gasteiger partial charge on any atom is 0.586 e. The van der Waals surface area contributed by atoms with Crippen LogP contribution in [-0.2, 0) is 20.9 Å². The van der Waals surface area contributed by atoms with Crippen LogP contribution in [0.15, 0.2) is 18.2 Å². The van der Waals surface area contributed by atoms with Gasteiger partial charge in [-0.15, -0.1) is 8.78 Å². The smallest absolute Gasteiger partial charge is 0.483 e. The predicted molar refractivity (Wildman–Crippen MR) is 96.7 cm³/mol. The normalized spacial score (nSPS) is 24.7. The van der Waals surface area contributed by atoms with Crippen molar-refractivity contribution in [3.8, 4) is 11.5 Å². The van der Waals surface area contributed by atoms with E-state index in [1.54, 1.807) is 19.2 Å². The van der Waals surface area contributed by atoms with Gasteiger partial charge in [0.05, 0.1) is 12.0 Å². The molecule has 160 valence electrons. The van der Waals surface area contributed by atoms with Crippen molar-refractivity contribution in [3.63, 3.8) is 0 Å². The zero-order chi connectivity index (χ0) is 21.1. The van der Waals surface area contributed by atoms with Crippen LogP contribution in [0, 0.1) is 5.41 Å². The van der Waals surface area contributed by atoms with Gasteiger partial charge in [-0.05, 0) is 25.5 Å². The van der Waals surface area contributed by atoms with Crippen molar-refractivity contribution >= 4 is 12.4 Å². The molecular weight excluding hydrogens is 390 g/mol. The minimum atomic E-state index is -3.62. The molecule has 2 saturated heterocycles. The second-order valence-electron chi connectivity index (χ2n) is 7.29. The first-order chi connectivity index (χ1) is 13.8. The highest BCUT2D eigenvalue weighted by molar-refractivity contribution is 5.85. The average molecular weight is 414 g/mol. The summed E-state index contributed by atoms with van der Waals surface area (Å²) < 4.78 is 40.9. The van der Waals surface area contributed by atoms with Gasteiger partial charge >= 0.3 is 6.29 Å². The maximum absolute atomic E-state index is 13.3. The van der Waals surface area contributed by atoms with Gasteiger partial charge in [0.1, 0.15) is 0 Å². The minimum Gasteiger partial charge on any atom is -0.483 e. The third-order valence-corrected chi connectivity index (χ3v) is 5.50. The highest BCUT2D eigenvalue weighted by Crippen LogP contribution is 2.45. The molecule has 1 N–H and O–H groups in total. The first kappa shape index (κ1) is 21.3. The van der Waals surface area contributed by atoms with Crippen molar-refractivity contribution in [2.45, 2.75) is 25.7 Å². The summed E-state index contributed by atoms with van der Waals surface area (Å²) in [5, 5.41) is 6.89. The van der Waals surface area contributed by atoms with Gasteiger partial charge < -0.3 is 24.2 Å². The molecule has 1 atom stereocenters. The zero-order valence-corrected chi connectivity index (χ0v) is 16.1. The van der Waals surface area contributed by atoms with E-state index < -0.39 is 6.29 Å². The summed E-state index contributed by atoms with van der Waals surface area (Å²) in [6.07, 6.45) is -2.00. The van der Waals surface area contributed by atoms with Gasteiger partial charge in [0.2, 0.25) is 5.91 Å². The molecule has 4 rings (SSSR count). The number of benzene rings is 1. The van der Waals surface area contributed by atoms with Crippen molar-refractivity contribution in [1.29, 1.82) is 0 Å². The van der Waals surface area contributed by atoms with Crippen LogP contribution in [0.25, 0.3) is 0 Å². The molecule has 0 aromatic heterocycles. The Hall–Kier alpha value is -2.46. The predicted octanol–water partition coefficient (Wildman–Crippen LogP) is 1.78. The Balaban J connectivity index is 0.000000755. The number of carbonyl (C=O) groups is 2. The number of para-hydroxylation sites is 1. The maximum atomic E-state index is 13.3. The molecule has 8 nitrogen and oxygen atoms in total. The van der Waals surface area contributed by atoms with Gasteiger partial charge in [0, 0.05) is 38.9 Å². The van der Waals surface area contributed by atoms with Crippen LogP contribution in [0.1, 0.15) is 18.4 Å². The Morgan fingerprint density at radius 3 is 2.72 bits per heavy atom. The number of nitrogens with zero attached hydrogens (tertiary/aromatic N) is 2. The van der Waals surface area contributed by atoms with Crippen LogP contribution in [0.4, 0.5) is 8.78 Å². The lowest BCUT2D eigenvalue weighted by atomic mass is 9.85. The molecule has 0 bridgehead atoms. The molecule has 29 heavy (non-hydrogen) atoms. The molecule has 10 heteroatoms. The molecule has 1 unspecified atom stereocenters. The molecule has 1 amide bonds. The molecule has 0 radical (unpaired) electrons. The van der Waals surface area contributed by atoms with Crippen molar-refractivity contribution < 1.29 is 37.7 Å². The molecule has 0 aliphatic carbocycles. The Bertz CT molecular complexity index is 762. The number of fused-ring (bicyclic) bond motifs is 1. The van der Waals surface area contributed by atoms with Crippen molar-refractivity contribution in [2.75, 3.05) is 39.9 Å². The summed E-state index contributed by atoms with van der Waals surface area (Å²) in [7, 11) is 1.63. The Morgan fingerprint density at radius 1 is 1.28 bits per heavy atom. The molecule has 2 fully saturated rings. The summed E-state index contributed by atoms with van der Waals surface area (Å²) in [5.74, 6) is 0.337. The molecule has 1 spiro atoms. The van der Waals surface area contributed by atoms with Gasteiger partial charge in [-0.25, -0.2) is 0 Å². The quantitative estimate of drug-likeness (QED) is 0.735. The summed E-state index contributed by atoms with van der Waals surface area (Å²) >= 11 is 0. The van der Waals surface area contributed by atoms with Gasteiger partial charge in [-0.1, -0.05) is 12.1 Å². The standard InChI is InChI=1S/C18H22F2N2O4.CH2O2/c1-24-10-9-22-8-6-17(16(22)23)5-7-21(12-17)11-13-3-2-4-14-15(13)26-18(19,20)25-14;2-1-3/h2-4H,5-12H2,1H3;1H,(H,2,3). The van der Waals surface area contributed by atoms with Gasteiger partial charge in [-0.3, -0.25) is 14.5 Å². The number of carbonyl (C=O) groups excluding carboxylic acids is 1. The number of amides is 1. The lowest BCUT2D eigenvalue weighted by molar-refractivity contribution is -0.287. The number of carboxylic acid groups (broad SMARTS) is 1. The largest absolute Gasteiger partial charge is 0.586 e. The van der Waals surface area contributed by atoms with Crippen LogP contribution in [0.2, 0.25) is 0 Å². The van der Waals surface area contributed by atoms with Crippen molar-refractivity contribution in [3.05, 3.63) is 23.8 Å². The topological polar surface area (TPSA) is 88.5 Å². The van der Waals surface area contributed by atoms with Gasteiger partial charge in [0.15, 0.2) is 11.5 Å². The fourth-order valence-electron chi connectivity index (χ4n) is 4.17. The first-order valence-electron chi connectivity index (χ1n) is 9.30. The zero-order valence-electron chi connectivity index (χ0n) is 16.1. The Kier molecular flexibility index (Phi) is 6.23. The number of halogens is 2. The lowest BCUT2D eigenvalue weighted by Crippen LogP contribution is -2.38. The number of likely N-dealkylation sites (tertiary alicyclic amines) is 2. The van der Waals surface area contributed by atoms with Gasteiger partial charge in [-0.2, -0.15) is 0 Å². The molecule has 3 heterocycles. The van der Waals surface area contributed by atoms with E-state index >= 15 is 0 Å². The van der Waals surface area contributed by atoms with Crippen LogP contribution in [0.3, 0.4) is 0 Å². The van der Waals surface area contributed by atoms with E-state index in [0.29, 0.717) is 31.8 Å². The monoisotopic (exact) mass is 414 g/mol. The summed E-state index contributed by atoms with van der Waals surface area (Å²) in [5.41, 5.74) is 0.297. The fraction of sp³-hybridized carbons (Fsp3) is 0.579. The van der Waals surface area contributed by atoms with Crippen LogP contribution < -0.4 is 9.47 Å². The summed E-state index contributed by atoms with van der Waals surface area (Å²) in [6, 6.07) is 4.91. The number of hydrogen-bond donors (Lipinski definition) is 1. The lowest BCUT2D eigenvalue weighted by Gasteiger charge is -2.24. The highest BCUT2D eigenvalue weighted by Gasteiger charge is 2.51. The molecule has 1 aromatic rings. The van der Waals surface area contributed by atoms with E-state index in [9.17, 15) is 13.6 Å². The molecule has 3 aliphatic rings. The number of ether oxygens (including phenoxy) is 3. The third-order valence-electron chi connectivity index (χ3n) is 5.50. The summed E-state index contributed by atoms with van der Waals surface area (Å²) in [4.78, 5) is 25.2. The van der Waals surface area contributed by atoms with Crippen LogP contribution in [0.5, 0.6) is 11.5 Å². The molecule has 0 saturated carbocycles. The molecule has 1 aromatic carbocycles. The van der Waals surface area contributed by atoms with E-state index in [4.69, 9.17) is 14.6 Å². The van der Waals surface area contributed by atoms with E-state index in [2.05, 4.69) is 14.4 Å². The Morgan fingerprint density at radius 2 is 2.00 bits per heavy atom. The first-order valence-corrected chi connectivity index (χ1v) is 9.30. The van der Waals surface area contributed by atoms with Crippen molar-refractivity contribution in [1.82, 2.24) is 9.80 Å². The molecular formula is C19H24F2N2O6. The van der Waals surface area contributed by atoms with E-state index in [0.717, 1.165) is 25.9 Å². The van der Waals surface area contributed by atoms with Gasteiger partial charge in [0.25, 0.3) is 6.47 Å². The highest BCUT2D eigenvalue weighted by atomic mass is 19.3. The second kappa shape index (κ2) is 8.50. The summed E-state index contributed by atoms with van der Waals surface area (Å²) in [6.45, 7) is 3.49. The Labute approximate surface area is 166 Å². The van der Waals surface area contributed by atoms with Crippen LogP contribution in [-0.4, -0.2) is 73.5 Å². The van der Waals surface area contributed by atoms with E-state index in [-0.39, 0.29) is 29.3 Å². The third kappa shape index (κ3) is 4.43. The average Bonchev–Trinajstić information content (AvgIpc) is 3.31. The number of methoxy groups -OCH3 is 1. The van der Waals surface area contributed by atoms with Crippen LogP contribution >= 0.6 is 0 Å². The number of rotatable bonds is 5. The van der Waals surface area contributed by atoms with Crippen molar-refractivity contribution in [2.24, 2.45) is 5.41 Å². The van der Waals surface area contributed by atoms with E-state index in [1.807, 2.05) is 4.90 Å². The van der Waals surface area contributed by atoms with E-state index in [1.165, 1.54) is 6.07 Å². The second-order valence-corrected chi connectivity index (χ2v) is 7.29. The fourth-order valence-corrected chi connectivity index (χ4v) is 4.17.